The van der Waals surface area contributed by atoms with Crippen molar-refractivity contribution in [2.75, 3.05) is 50.5 Å². The van der Waals surface area contributed by atoms with Crippen LogP contribution in [0, 0.1) is 0 Å². The van der Waals surface area contributed by atoms with Crippen molar-refractivity contribution in [2.45, 2.75) is 44.9 Å². The number of rotatable bonds is 10. The Morgan fingerprint density at radius 3 is 2.63 bits per heavy atom. The highest BCUT2D eigenvalue weighted by Gasteiger charge is 2.23. The third-order valence-corrected chi connectivity index (χ3v) is 7.38. The molecule has 11 nitrogen and oxygen atoms in total. The Morgan fingerprint density at radius 1 is 1.17 bits per heavy atom. The molecule has 3 aromatic heterocycles. The molecule has 5 rings (SSSR count). The summed E-state index contributed by atoms with van der Waals surface area (Å²) < 4.78 is 3.60. The molecule has 4 heterocycles. The molecule has 0 aliphatic carbocycles. The fourth-order valence-electron chi connectivity index (χ4n) is 5.24. The SMILES string of the molecule is CN(C)CCNC1CCN(c2ccc3nc(NC(=O)c4ccnc(-c5cnn(C)c5)c4)n(CC(C)(C)O)c3c2)CC1. The summed E-state index contributed by atoms with van der Waals surface area (Å²) in [6.45, 7) is 7.76. The minimum Gasteiger partial charge on any atom is -0.389 e. The van der Waals surface area contributed by atoms with Crippen LogP contribution < -0.4 is 15.5 Å². The number of carbonyl (C=O) groups excluding carboxylic acids is 1. The zero-order valence-electron chi connectivity index (χ0n) is 24.6. The third-order valence-electron chi connectivity index (χ3n) is 7.38. The lowest BCUT2D eigenvalue weighted by Crippen LogP contribution is -2.44. The van der Waals surface area contributed by atoms with Crippen molar-refractivity contribution in [3.05, 3.63) is 54.5 Å². The summed E-state index contributed by atoms with van der Waals surface area (Å²) in [5, 5.41) is 21.6. The highest BCUT2D eigenvalue weighted by Crippen LogP contribution is 2.29. The van der Waals surface area contributed by atoms with Gasteiger partial charge in [0.15, 0.2) is 0 Å². The number of pyridine rings is 1. The maximum absolute atomic E-state index is 13.4. The molecule has 0 unspecified atom stereocenters. The number of carbonyl (C=O) groups is 1. The van der Waals surface area contributed by atoms with E-state index >= 15 is 0 Å². The minimum absolute atomic E-state index is 0.276. The molecule has 0 atom stereocenters. The molecule has 0 bridgehead atoms. The van der Waals surface area contributed by atoms with E-state index < -0.39 is 5.60 Å². The Morgan fingerprint density at radius 2 is 1.95 bits per heavy atom. The molecular formula is C30H41N9O2. The van der Waals surface area contributed by atoms with E-state index in [4.69, 9.17) is 4.98 Å². The van der Waals surface area contributed by atoms with Crippen molar-refractivity contribution < 1.29 is 9.90 Å². The maximum atomic E-state index is 13.4. The molecule has 1 saturated heterocycles. The van der Waals surface area contributed by atoms with Crippen LogP contribution in [-0.2, 0) is 13.6 Å². The standard InChI is InChI=1S/C30H41N9O2/c1-30(2,41)20-39-27-17-24(38-13-9-23(10-14-38)31-12-15-36(3)4)6-7-25(27)34-29(39)35-28(40)21-8-11-32-26(16-21)22-18-33-37(5)19-22/h6-8,11,16-19,23,31,41H,9-10,12-15,20H2,1-5H3,(H,34,35,40). The van der Waals surface area contributed by atoms with Crippen LogP contribution >= 0.6 is 0 Å². The van der Waals surface area contributed by atoms with Gasteiger partial charge in [-0.1, -0.05) is 0 Å². The Kier molecular flexibility index (Phi) is 8.39. The van der Waals surface area contributed by atoms with E-state index in [1.807, 2.05) is 23.9 Å². The van der Waals surface area contributed by atoms with Gasteiger partial charge in [0.05, 0.1) is 35.1 Å². The molecule has 1 fully saturated rings. The van der Waals surface area contributed by atoms with Crippen molar-refractivity contribution in [1.82, 2.24) is 34.5 Å². The number of piperidine rings is 1. The summed E-state index contributed by atoms with van der Waals surface area (Å²) in [5.41, 5.74) is 3.70. The molecule has 218 valence electrons. The zero-order chi connectivity index (χ0) is 29.1. The fraction of sp³-hybridized carbons (Fsp3) is 0.467. The number of nitrogens with one attached hydrogen (secondary N) is 2. The Labute approximate surface area is 241 Å². The second-order valence-corrected chi connectivity index (χ2v) is 11.8. The van der Waals surface area contributed by atoms with Gasteiger partial charge in [-0.2, -0.15) is 5.10 Å². The van der Waals surface area contributed by atoms with E-state index in [0.29, 0.717) is 23.2 Å². The maximum Gasteiger partial charge on any atom is 0.258 e. The van der Waals surface area contributed by atoms with E-state index in [9.17, 15) is 9.90 Å². The first-order chi connectivity index (χ1) is 19.6. The van der Waals surface area contributed by atoms with Crippen LogP contribution in [0.3, 0.4) is 0 Å². The largest absolute Gasteiger partial charge is 0.389 e. The molecule has 11 heteroatoms. The predicted octanol–water partition coefficient (Wildman–Crippen LogP) is 2.98. The predicted molar refractivity (Wildman–Crippen MR) is 162 cm³/mol. The van der Waals surface area contributed by atoms with Crippen LogP contribution in [0.1, 0.15) is 37.0 Å². The number of nitrogens with zero attached hydrogens (tertiary/aromatic N) is 7. The van der Waals surface area contributed by atoms with Crippen molar-refractivity contribution in [2.24, 2.45) is 7.05 Å². The van der Waals surface area contributed by atoms with Gasteiger partial charge in [-0.05, 0) is 71.1 Å². The number of fused-ring (bicyclic) bond motifs is 1. The summed E-state index contributed by atoms with van der Waals surface area (Å²) in [7, 11) is 6.03. The van der Waals surface area contributed by atoms with Crippen LogP contribution in [0.2, 0.25) is 0 Å². The molecule has 0 radical (unpaired) electrons. The van der Waals surface area contributed by atoms with Gasteiger partial charge in [0.25, 0.3) is 5.91 Å². The molecule has 1 amide bonds. The van der Waals surface area contributed by atoms with Crippen molar-refractivity contribution in [1.29, 1.82) is 0 Å². The number of hydrogen-bond acceptors (Lipinski definition) is 8. The van der Waals surface area contributed by atoms with Crippen molar-refractivity contribution >= 4 is 28.6 Å². The van der Waals surface area contributed by atoms with Crippen LogP contribution in [0.25, 0.3) is 22.3 Å². The van der Waals surface area contributed by atoms with E-state index in [2.05, 4.69) is 56.7 Å². The number of aryl methyl sites for hydroxylation is 1. The lowest BCUT2D eigenvalue weighted by Gasteiger charge is -2.34. The first-order valence-electron chi connectivity index (χ1n) is 14.2. The average Bonchev–Trinajstić information content (AvgIpc) is 3.51. The van der Waals surface area contributed by atoms with E-state index in [1.165, 1.54) is 0 Å². The second kappa shape index (κ2) is 12.0. The molecular weight excluding hydrogens is 518 g/mol. The van der Waals surface area contributed by atoms with Gasteiger partial charge in [0, 0.05) is 68.5 Å². The van der Waals surface area contributed by atoms with E-state index in [0.717, 1.165) is 61.3 Å². The van der Waals surface area contributed by atoms with Crippen LogP contribution in [-0.4, -0.2) is 92.1 Å². The molecule has 1 aliphatic rings. The van der Waals surface area contributed by atoms with Crippen LogP contribution in [0.4, 0.5) is 11.6 Å². The Bertz CT molecular complexity index is 1490. The zero-order valence-corrected chi connectivity index (χ0v) is 24.6. The number of anilines is 2. The number of hydrogen-bond donors (Lipinski definition) is 3. The summed E-state index contributed by atoms with van der Waals surface area (Å²) >= 11 is 0. The molecule has 4 aromatic rings. The number of benzene rings is 1. The fourth-order valence-corrected chi connectivity index (χ4v) is 5.24. The van der Waals surface area contributed by atoms with Gasteiger partial charge in [0.1, 0.15) is 0 Å². The number of aliphatic hydroxyl groups is 1. The van der Waals surface area contributed by atoms with Gasteiger partial charge >= 0.3 is 0 Å². The number of imidazole rings is 1. The highest BCUT2D eigenvalue weighted by atomic mass is 16.3. The second-order valence-electron chi connectivity index (χ2n) is 11.8. The van der Waals surface area contributed by atoms with Crippen LogP contribution in [0.15, 0.2) is 48.9 Å². The first kappa shape index (κ1) is 28.7. The normalized spacial score (nSPS) is 14.8. The lowest BCUT2D eigenvalue weighted by molar-refractivity contribution is 0.0630. The van der Waals surface area contributed by atoms with Gasteiger partial charge in [-0.15, -0.1) is 0 Å². The number of likely N-dealkylation sites (N-methyl/N-ethyl adjacent to an activating group) is 1. The summed E-state index contributed by atoms with van der Waals surface area (Å²) in [6.07, 6.45) is 7.36. The number of amides is 1. The third kappa shape index (κ3) is 7.10. The Hall–Kier alpha value is -3.80. The molecule has 0 saturated carbocycles. The average molecular weight is 560 g/mol. The topological polar surface area (TPSA) is 116 Å². The van der Waals surface area contributed by atoms with E-state index in [1.54, 1.807) is 43.1 Å². The van der Waals surface area contributed by atoms with Gasteiger partial charge in [-0.25, -0.2) is 4.98 Å². The van der Waals surface area contributed by atoms with Gasteiger partial charge < -0.3 is 24.8 Å². The molecule has 3 N–H and O–H groups in total. The van der Waals surface area contributed by atoms with Gasteiger partial charge in [-0.3, -0.25) is 19.8 Å². The quantitative estimate of drug-likeness (QED) is 0.272. The van der Waals surface area contributed by atoms with E-state index in [-0.39, 0.29) is 12.5 Å². The van der Waals surface area contributed by atoms with Crippen LogP contribution in [0.5, 0.6) is 0 Å². The molecule has 1 aliphatic heterocycles. The lowest BCUT2D eigenvalue weighted by atomic mass is 10.0. The van der Waals surface area contributed by atoms with Crippen molar-refractivity contribution in [3.8, 4) is 11.3 Å². The Balaban J connectivity index is 1.36. The molecule has 41 heavy (non-hydrogen) atoms. The molecule has 0 spiro atoms. The van der Waals surface area contributed by atoms with Gasteiger partial charge in [0.2, 0.25) is 5.95 Å². The first-order valence-corrected chi connectivity index (χ1v) is 14.2. The number of aromatic nitrogens is 5. The summed E-state index contributed by atoms with van der Waals surface area (Å²) in [5.74, 6) is 0.0988. The van der Waals surface area contributed by atoms with Crippen molar-refractivity contribution in [3.63, 3.8) is 0 Å². The smallest absolute Gasteiger partial charge is 0.258 e. The summed E-state index contributed by atoms with van der Waals surface area (Å²) in [4.78, 5) is 27.1. The summed E-state index contributed by atoms with van der Waals surface area (Å²) in [6, 6.07) is 10.2. The molecule has 1 aromatic carbocycles. The monoisotopic (exact) mass is 559 g/mol. The minimum atomic E-state index is -1.01. The highest BCUT2D eigenvalue weighted by molar-refractivity contribution is 6.04.